The van der Waals surface area contributed by atoms with Crippen molar-refractivity contribution in [2.75, 3.05) is 13.1 Å². The highest BCUT2D eigenvalue weighted by molar-refractivity contribution is 8.11. The lowest BCUT2D eigenvalue weighted by molar-refractivity contribution is 0.581. The molecule has 2 unspecified atom stereocenters. The first-order chi connectivity index (χ1) is 5.68. The first-order valence-corrected chi connectivity index (χ1v) is 7.40. The van der Waals surface area contributed by atoms with Crippen LogP contribution < -0.4 is 5.50 Å². The lowest BCUT2D eigenvalue weighted by Crippen LogP contribution is -2.20. The Hall–Kier alpha value is 0.530. The van der Waals surface area contributed by atoms with Crippen molar-refractivity contribution in [3.05, 3.63) is 0 Å². The first kappa shape index (κ1) is 10.1. The van der Waals surface area contributed by atoms with Gasteiger partial charge in [-0.25, -0.2) is 9.34 Å². The van der Waals surface area contributed by atoms with Crippen molar-refractivity contribution >= 4 is 18.3 Å². The molecular formula is C8H18N3PS. The Labute approximate surface area is 85.4 Å². The molecule has 3 nitrogen and oxygen atoms in total. The first-order valence-electron chi connectivity index (χ1n) is 4.63. The molecule has 0 aromatic carbocycles. The zero-order valence-corrected chi connectivity index (χ0v) is 10.5. The minimum Gasteiger partial charge on any atom is -0.279 e. The van der Waals surface area contributed by atoms with Crippen LogP contribution in [0.25, 0.3) is 0 Å². The quantitative estimate of drug-likeness (QED) is 0.561. The predicted octanol–water partition coefficient (Wildman–Crippen LogP) is 1.36. The lowest BCUT2D eigenvalue weighted by atomic mass is 10.2. The predicted molar refractivity (Wildman–Crippen MR) is 60.0 cm³/mol. The van der Waals surface area contributed by atoms with Gasteiger partial charge in [-0.05, 0) is 39.5 Å². The molecule has 0 aliphatic carbocycles. The molecule has 2 saturated heterocycles. The average molecular weight is 219 g/mol. The van der Waals surface area contributed by atoms with E-state index in [2.05, 4.69) is 37.0 Å². The van der Waals surface area contributed by atoms with Crippen LogP contribution in [0.3, 0.4) is 0 Å². The topological polar surface area (TPSA) is 32.0 Å². The summed E-state index contributed by atoms with van der Waals surface area (Å²) in [5, 5.41) is 0. The molecule has 2 fully saturated rings. The van der Waals surface area contributed by atoms with Crippen molar-refractivity contribution in [2.24, 2.45) is 5.50 Å². The summed E-state index contributed by atoms with van der Waals surface area (Å²) in [6, 6.07) is 0. The van der Waals surface area contributed by atoms with E-state index < -0.39 is 6.49 Å². The minimum absolute atomic E-state index is 0.253. The van der Waals surface area contributed by atoms with Gasteiger partial charge in [0, 0.05) is 24.2 Å². The summed E-state index contributed by atoms with van der Waals surface area (Å²) >= 11 is 5.55. The van der Waals surface area contributed by atoms with Gasteiger partial charge in [0.15, 0.2) is 0 Å². The maximum Gasteiger partial charge on any atom is 0.141 e. The summed E-state index contributed by atoms with van der Waals surface area (Å²) in [7, 11) is 0. The summed E-state index contributed by atoms with van der Waals surface area (Å²) in [4.78, 5) is 0. The van der Waals surface area contributed by atoms with E-state index in [1.54, 1.807) is 0 Å². The van der Waals surface area contributed by atoms with Gasteiger partial charge in [-0.15, -0.1) is 0 Å². The van der Waals surface area contributed by atoms with Crippen molar-refractivity contribution < 1.29 is 0 Å². The molecule has 13 heavy (non-hydrogen) atoms. The van der Waals surface area contributed by atoms with Gasteiger partial charge in [0.2, 0.25) is 0 Å². The van der Waals surface area contributed by atoms with E-state index in [4.69, 9.17) is 17.3 Å². The summed E-state index contributed by atoms with van der Waals surface area (Å²) in [6.07, 6.45) is 0. The van der Waals surface area contributed by atoms with Crippen LogP contribution >= 0.6 is 6.49 Å². The van der Waals surface area contributed by atoms with Gasteiger partial charge < -0.3 is 0 Å². The number of nitrogens with two attached hydrogens (primary N) is 1. The van der Waals surface area contributed by atoms with Crippen molar-refractivity contribution in [3.8, 4) is 0 Å². The molecule has 0 saturated carbocycles. The molecule has 0 bridgehead atoms. The molecule has 5 heteroatoms. The highest BCUT2D eigenvalue weighted by atomic mass is 32.4. The maximum absolute atomic E-state index is 6.26. The van der Waals surface area contributed by atoms with Crippen molar-refractivity contribution in [1.82, 2.24) is 9.34 Å². The van der Waals surface area contributed by atoms with Crippen LogP contribution in [0, 0.1) is 0 Å². The summed E-state index contributed by atoms with van der Waals surface area (Å²) in [5.74, 6) is 0. The molecule has 0 aromatic heterocycles. The normalized spacial score (nSPS) is 43.8. The number of hydrogen-bond acceptors (Lipinski definition) is 1. The summed E-state index contributed by atoms with van der Waals surface area (Å²) in [6.45, 7) is 9.09. The van der Waals surface area contributed by atoms with Crippen LogP contribution in [0.15, 0.2) is 0 Å². The Kier molecular flexibility index (Phi) is 1.83. The fraction of sp³-hybridized carbons (Fsp3) is 1.00. The highest BCUT2D eigenvalue weighted by Gasteiger charge is 2.59. The van der Waals surface area contributed by atoms with E-state index in [9.17, 15) is 0 Å². The third-order valence-corrected chi connectivity index (χ3v) is 6.89. The van der Waals surface area contributed by atoms with Gasteiger partial charge in [-0.1, -0.05) is 0 Å². The number of rotatable bonds is 2. The van der Waals surface area contributed by atoms with Gasteiger partial charge in [0.25, 0.3) is 0 Å². The van der Waals surface area contributed by atoms with Crippen molar-refractivity contribution in [1.29, 1.82) is 0 Å². The Morgan fingerprint density at radius 3 is 1.46 bits per heavy atom. The fourth-order valence-electron chi connectivity index (χ4n) is 1.77. The van der Waals surface area contributed by atoms with Crippen molar-refractivity contribution in [3.63, 3.8) is 0 Å². The average Bonchev–Trinajstić information content (AvgIpc) is 2.71. The lowest BCUT2D eigenvalue weighted by Gasteiger charge is -2.24. The smallest absolute Gasteiger partial charge is 0.141 e. The van der Waals surface area contributed by atoms with E-state index in [0.717, 1.165) is 13.1 Å². The Morgan fingerprint density at radius 1 is 1.08 bits per heavy atom. The van der Waals surface area contributed by atoms with Crippen molar-refractivity contribution in [2.45, 2.75) is 38.8 Å². The van der Waals surface area contributed by atoms with E-state index in [0.29, 0.717) is 0 Å². The SMILES string of the molecule is CC1(C)CN1P(N)(=S)N1CC1(C)C. The monoisotopic (exact) mass is 219 g/mol. The second kappa shape index (κ2) is 2.37. The Bertz CT molecular complexity index is 274. The van der Waals surface area contributed by atoms with Gasteiger partial charge >= 0.3 is 0 Å². The molecule has 2 aliphatic rings. The molecule has 0 amide bonds. The molecule has 76 valence electrons. The largest absolute Gasteiger partial charge is 0.279 e. The Balaban J connectivity index is 2.12. The second-order valence-electron chi connectivity index (χ2n) is 5.33. The highest BCUT2D eigenvalue weighted by Crippen LogP contribution is 2.64. The fourth-order valence-corrected chi connectivity index (χ4v) is 6.35. The summed E-state index contributed by atoms with van der Waals surface area (Å²) < 4.78 is 4.56. The molecule has 0 aromatic rings. The molecule has 2 aliphatic heterocycles. The number of nitrogens with zero attached hydrogens (tertiary/aromatic N) is 2. The van der Waals surface area contributed by atoms with E-state index in [1.165, 1.54) is 0 Å². The summed E-state index contributed by atoms with van der Waals surface area (Å²) in [5.41, 5.74) is 6.76. The molecule has 2 rings (SSSR count). The standard InChI is InChI=1S/C8H18N3PS/c1-7(2)5-10(7)12(9,13)11-6-8(11,3)4/h5-6H2,1-4H3,(H2,9,13). The molecule has 2 N–H and O–H groups in total. The molecular weight excluding hydrogens is 201 g/mol. The van der Waals surface area contributed by atoms with Gasteiger partial charge in [0.1, 0.15) is 6.49 Å². The molecule has 0 spiro atoms. The molecule has 2 heterocycles. The number of hydrogen-bond donors (Lipinski definition) is 1. The van der Waals surface area contributed by atoms with E-state index in [-0.39, 0.29) is 11.1 Å². The second-order valence-corrected chi connectivity index (χ2v) is 9.09. The Morgan fingerprint density at radius 2 is 1.31 bits per heavy atom. The van der Waals surface area contributed by atoms with Crippen LogP contribution in [0.1, 0.15) is 27.7 Å². The zero-order chi connectivity index (χ0) is 10.1. The van der Waals surface area contributed by atoms with E-state index >= 15 is 0 Å². The van der Waals surface area contributed by atoms with E-state index in [1.807, 2.05) is 0 Å². The molecule has 2 atom stereocenters. The van der Waals surface area contributed by atoms with Gasteiger partial charge in [-0.2, -0.15) is 0 Å². The minimum atomic E-state index is -1.86. The van der Waals surface area contributed by atoms with Crippen LogP contribution in [0.5, 0.6) is 0 Å². The van der Waals surface area contributed by atoms with Crippen LogP contribution in [-0.4, -0.2) is 33.5 Å². The maximum atomic E-state index is 6.26. The van der Waals surface area contributed by atoms with Crippen LogP contribution in [0.4, 0.5) is 0 Å². The van der Waals surface area contributed by atoms with Gasteiger partial charge in [-0.3, -0.25) is 5.50 Å². The zero-order valence-electron chi connectivity index (χ0n) is 8.74. The third-order valence-electron chi connectivity index (χ3n) is 2.96. The van der Waals surface area contributed by atoms with Crippen LogP contribution in [0.2, 0.25) is 0 Å². The van der Waals surface area contributed by atoms with Crippen LogP contribution in [-0.2, 0) is 11.8 Å². The van der Waals surface area contributed by atoms with Gasteiger partial charge in [0.05, 0.1) is 0 Å². The third kappa shape index (κ3) is 1.49. The molecule has 0 radical (unpaired) electrons.